The summed E-state index contributed by atoms with van der Waals surface area (Å²) in [5.41, 5.74) is -0.0936. The molecule has 1 aromatic rings. The number of amides is 1. The van der Waals surface area contributed by atoms with Gasteiger partial charge in [0.25, 0.3) is 5.91 Å². The lowest BCUT2D eigenvalue weighted by Gasteiger charge is -2.28. The van der Waals surface area contributed by atoms with Crippen LogP contribution in [-0.4, -0.2) is 48.2 Å². The average molecular weight is 266 g/mol. The molecule has 4 nitrogen and oxygen atoms in total. The molecule has 0 radical (unpaired) electrons. The van der Waals surface area contributed by atoms with Crippen molar-refractivity contribution in [3.8, 4) is 0 Å². The molecule has 2 rings (SSSR count). The maximum Gasteiger partial charge on any atom is 0.256 e. The van der Waals surface area contributed by atoms with Gasteiger partial charge in [-0.25, -0.2) is 4.39 Å². The Kier molecular flexibility index (Phi) is 3.87. The summed E-state index contributed by atoms with van der Waals surface area (Å²) >= 11 is 0. The molecule has 1 unspecified atom stereocenters. The van der Waals surface area contributed by atoms with E-state index in [0.29, 0.717) is 13.0 Å². The Hall–Kier alpha value is -1.46. The Morgan fingerprint density at radius 2 is 2.32 bits per heavy atom. The first kappa shape index (κ1) is 14.0. The summed E-state index contributed by atoms with van der Waals surface area (Å²) in [5, 5.41) is 13.3. The van der Waals surface area contributed by atoms with Crippen LogP contribution in [0.4, 0.5) is 4.39 Å². The summed E-state index contributed by atoms with van der Waals surface area (Å²) in [6, 6.07) is 4.53. The molecule has 1 heterocycles. The zero-order chi connectivity index (χ0) is 14.0. The molecule has 0 spiro atoms. The van der Waals surface area contributed by atoms with Gasteiger partial charge in [-0.15, -0.1) is 0 Å². The van der Waals surface area contributed by atoms with Crippen LogP contribution in [0, 0.1) is 12.7 Å². The maximum atomic E-state index is 13.7. The number of β-amino-alcohol motifs (C(OH)–C–C–N with tert-alkyl or cyclic N) is 1. The summed E-state index contributed by atoms with van der Waals surface area (Å²) < 4.78 is 13.7. The quantitative estimate of drug-likeness (QED) is 0.856. The Morgan fingerprint density at radius 1 is 1.58 bits per heavy atom. The number of halogens is 1. The number of hydrogen-bond acceptors (Lipinski definition) is 3. The van der Waals surface area contributed by atoms with Crippen molar-refractivity contribution in [2.75, 3.05) is 26.7 Å². The number of aliphatic hydroxyl groups is 1. The molecule has 5 heteroatoms. The van der Waals surface area contributed by atoms with E-state index in [9.17, 15) is 14.3 Å². The third-order valence-corrected chi connectivity index (χ3v) is 3.45. The largest absolute Gasteiger partial charge is 0.387 e. The molecule has 1 atom stereocenters. The second kappa shape index (κ2) is 5.27. The number of benzene rings is 1. The van der Waals surface area contributed by atoms with Crippen LogP contribution in [0.5, 0.6) is 0 Å². The number of likely N-dealkylation sites (N-methyl/N-ethyl adjacent to an activating group) is 1. The predicted molar refractivity (Wildman–Crippen MR) is 70.5 cm³/mol. The molecule has 1 amide bonds. The monoisotopic (exact) mass is 266 g/mol. The van der Waals surface area contributed by atoms with Crippen LogP contribution in [0.2, 0.25) is 0 Å². The van der Waals surface area contributed by atoms with Gasteiger partial charge in [0.1, 0.15) is 5.82 Å². The summed E-state index contributed by atoms with van der Waals surface area (Å²) in [7, 11) is 1.58. The maximum absolute atomic E-state index is 13.7. The van der Waals surface area contributed by atoms with Crippen molar-refractivity contribution in [3.63, 3.8) is 0 Å². The van der Waals surface area contributed by atoms with Crippen molar-refractivity contribution >= 4 is 5.91 Å². The van der Waals surface area contributed by atoms with Gasteiger partial charge in [0.15, 0.2) is 0 Å². The number of aryl methyl sites for hydroxylation is 1. The first-order valence-corrected chi connectivity index (χ1v) is 6.36. The number of carbonyl (C=O) groups excluding carboxylic acids is 1. The average Bonchev–Trinajstić information content (AvgIpc) is 2.75. The molecule has 1 saturated heterocycles. The molecular formula is C14H19FN2O2. The third kappa shape index (κ3) is 3.11. The molecule has 0 aromatic heterocycles. The fourth-order valence-electron chi connectivity index (χ4n) is 2.38. The molecule has 1 aliphatic rings. The Bertz CT molecular complexity index is 484. The molecule has 1 aromatic carbocycles. The molecular weight excluding hydrogens is 247 g/mol. The van der Waals surface area contributed by atoms with Gasteiger partial charge in [0, 0.05) is 13.6 Å². The van der Waals surface area contributed by atoms with Gasteiger partial charge < -0.3 is 15.3 Å². The summed E-state index contributed by atoms with van der Waals surface area (Å²) in [6.07, 6.45) is 0.598. The Labute approximate surface area is 112 Å². The lowest BCUT2D eigenvalue weighted by molar-refractivity contribution is 0.0250. The van der Waals surface area contributed by atoms with Crippen molar-refractivity contribution < 1.29 is 14.3 Å². The van der Waals surface area contributed by atoms with E-state index < -0.39 is 17.3 Å². The smallest absolute Gasteiger partial charge is 0.256 e. The molecule has 1 fully saturated rings. The highest BCUT2D eigenvalue weighted by molar-refractivity contribution is 5.94. The number of rotatable bonds is 3. The molecule has 104 valence electrons. The van der Waals surface area contributed by atoms with Crippen LogP contribution in [0.25, 0.3) is 0 Å². The lowest BCUT2D eigenvalue weighted by Crippen LogP contribution is -2.45. The number of carbonyl (C=O) groups is 1. The number of hydrogen-bond donors (Lipinski definition) is 2. The molecule has 2 N–H and O–H groups in total. The fourth-order valence-corrected chi connectivity index (χ4v) is 2.38. The summed E-state index contributed by atoms with van der Waals surface area (Å²) in [4.78, 5) is 13.5. The van der Waals surface area contributed by atoms with E-state index >= 15 is 0 Å². The van der Waals surface area contributed by atoms with E-state index in [1.165, 1.54) is 17.0 Å². The molecule has 0 bridgehead atoms. The van der Waals surface area contributed by atoms with Crippen molar-refractivity contribution in [1.82, 2.24) is 10.2 Å². The second-order valence-corrected chi connectivity index (χ2v) is 5.30. The topological polar surface area (TPSA) is 52.6 Å². The first-order chi connectivity index (χ1) is 8.91. The normalized spacial score (nSPS) is 22.5. The fraction of sp³-hybridized carbons (Fsp3) is 0.500. The lowest BCUT2D eigenvalue weighted by atomic mass is 10.0. The van der Waals surface area contributed by atoms with E-state index in [1.54, 1.807) is 20.0 Å². The number of nitrogens with one attached hydrogen (secondary N) is 1. The van der Waals surface area contributed by atoms with Gasteiger partial charge in [-0.3, -0.25) is 4.79 Å². The van der Waals surface area contributed by atoms with E-state index in [-0.39, 0.29) is 12.1 Å². The zero-order valence-corrected chi connectivity index (χ0v) is 11.2. The van der Waals surface area contributed by atoms with Crippen LogP contribution in [0.1, 0.15) is 22.3 Å². The van der Waals surface area contributed by atoms with E-state index in [2.05, 4.69) is 5.32 Å². The Balaban J connectivity index is 2.10. The third-order valence-electron chi connectivity index (χ3n) is 3.45. The van der Waals surface area contributed by atoms with Gasteiger partial charge in [-0.05, 0) is 37.6 Å². The Morgan fingerprint density at radius 3 is 2.89 bits per heavy atom. The standard InChI is InChI=1S/C14H19FN2O2/c1-10-3-4-11(12(15)7-10)13(18)17(2)9-14(19)5-6-16-8-14/h3-4,7,16,19H,5-6,8-9H2,1-2H3. The van der Waals surface area contributed by atoms with Crippen LogP contribution >= 0.6 is 0 Å². The van der Waals surface area contributed by atoms with Crippen LogP contribution in [-0.2, 0) is 0 Å². The van der Waals surface area contributed by atoms with Crippen LogP contribution in [0.15, 0.2) is 18.2 Å². The zero-order valence-electron chi connectivity index (χ0n) is 11.2. The van der Waals surface area contributed by atoms with Gasteiger partial charge in [0.2, 0.25) is 0 Å². The SMILES string of the molecule is Cc1ccc(C(=O)N(C)CC2(O)CCNC2)c(F)c1. The first-order valence-electron chi connectivity index (χ1n) is 6.36. The minimum atomic E-state index is -0.911. The molecule has 0 aliphatic carbocycles. The minimum absolute atomic E-state index is 0.0441. The van der Waals surface area contributed by atoms with E-state index in [0.717, 1.165) is 12.1 Å². The van der Waals surface area contributed by atoms with Gasteiger partial charge >= 0.3 is 0 Å². The van der Waals surface area contributed by atoms with Crippen molar-refractivity contribution in [2.24, 2.45) is 0 Å². The second-order valence-electron chi connectivity index (χ2n) is 5.30. The highest BCUT2D eigenvalue weighted by atomic mass is 19.1. The highest BCUT2D eigenvalue weighted by Gasteiger charge is 2.33. The van der Waals surface area contributed by atoms with Crippen LogP contribution < -0.4 is 5.32 Å². The van der Waals surface area contributed by atoms with E-state index in [4.69, 9.17) is 0 Å². The summed E-state index contributed by atoms with van der Waals surface area (Å²) in [5.74, 6) is -0.925. The van der Waals surface area contributed by atoms with Crippen molar-refractivity contribution in [2.45, 2.75) is 18.9 Å². The summed E-state index contributed by atoms with van der Waals surface area (Å²) in [6.45, 7) is 3.17. The van der Waals surface area contributed by atoms with Crippen LogP contribution in [0.3, 0.4) is 0 Å². The van der Waals surface area contributed by atoms with Crippen molar-refractivity contribution in [3.05, 3.63) is 35.1 Å². The molecule has 1 aliphatic heterocycles. The van der Waals surface area contributed by atoms with Gasteiger partial charge in [-0.2, -0.15) is 0 Å². The highest BCUT2D eigenvalue weighted by Crippen LogP contribution is 2.18. The van der Waals surface area contributed by atoms with Gasteiger partial charge in [0.05, 0.1) is 17.7 Å². The molecule has 19 heavy (non-hydrogen) atoms. The van der Waals surface area contributed by atoms with E-state index in [1.807, 2.05) is 0 Å². The van der Waals surface area contributed by atoms with Gasteiger partial charge in [-0.1, -0.05) is 6.07 Å². The molecule has 0 saturated carbocycles. The number of nitrogens with zero attached hydrogens (tertiary/aromatic N) is 1. The minimum Gasteiger partial charge on any atom is -0.387 e. The van der Waals surface area contributed by atoms with Crippen molar-refractivity contribution in [1.29, 1.82) is 0 Å². The predicted octanol–water partition coefficient (Wildman–Crippen LogP) is 0.931.